The van der Waals surface area contributed by atoms with E-state index in [1.165, 1.54) is 0 Å². The Morgan fingerprint density at radius 3 is 2.85 bits per heavy atom. The van der Waals surface area contributed by atoms with E-state index in [2.05, 4.69) is 5.32 Å². The zero-order valence-electron chi connectivity index (χ0n) is 11.8. The van der Waals surface area contributed by atoms with Crippen LogP contribution in [0, 0.1) is 11.3 Å². The molecule has 2 rings (SSSR count). The number of rotatable bonds is 5. The molecule has 1 N–H and O–H groups in total. The van der Waals surface area contributed by atoms with E-state index in [1.807, 2.05) is 31.2 Å². The molecule has 0 saturated heterocycles. The van der Waals surface area contributed by atoms with Crippen molar-refractivity contribution in [3.05, 3.63) is 34.9 Å². The highest BCUT2D eigenvalue weighted by molar-refractivity contribution is 6.02. The average Bonchev–Trinajstić information content (AvgIpc) is 3.28. The van der Waals surface area contributed by atoms with E-state index >= 15 is 0 Å². The number of aryl methyl sites for hydroxylation is 1. The zero-order valence-corrected chi connectivity index (χ0v) is 11.8. The number of hydrogen-bond acceptors (Lipinski definition) is 3. The van der Waals surface area contributed by atoms with E-state index in [0.717, 1.165) is 36.1 Å². The van der Waals surface area contributed by atoms with Gasteiger partial charge in [-0.15, -0.1) is 0 Å². The van der Waals surface area contributed by atoms with Crippen molar-refractivity contribution >= 4 is 12.0 Å². The van der Waals surface area contributed by atoms with E-state index in [4.69, 9.17) is 10.00 Å². The summed E-state index contributed by atoms with van der Waals surface area (Å²) < 4.78 is 5.27. The van der Waals surface area contributed by atoms with Crippen molar-refractivity contribution in [3.8, 4) is 11.8 Å². The van der Waals surface area contributed by atoms with Crippen molar-refractivity contribution in [2.75, 3.05) is 7.11 Å². The van der Waals surface area contributed by atoms with Crippen LogP contribution < -0.4 is 10.1 Å². The summed E-state index contributed by atoms with van der Waals surface area (Å²) >= 11 is 0. The smallest absolute Gasteiger partial charge is 0.262 e. The van der Waals surface area contributed by atoms with E-state index in [0.29, 0.717) is 0 Å². The van der Waals surface area contributed by atoms with Gasteiger partial charge in [0.25, 0.3) is 5.91 Å². The number of nitrogens with one attached hydrogen (secondary N) is 1. The number of nitrogens with zero attached hydrogens (tertiary/aromatic N) is 1. The Morgan fingerprint density at radius 2 is 2.30 bits per heavy atom. The maximum Gasteiger partial charge on any atom is 0.262 e. The number of carbonyl (C=O) groups is 1. The molecule has 1 aliphatic carbocycles. The minimum atomic E-state index is -0.288. The monoisotopic (exact) mass is 270 g/mol. The van der Waals surface area contributed by atoms with Gasteiger partial charge in [-0.1, -0.05) is 13.0 Å². The van der Waals surface area contributed by atoms with E-state index < -0.39 is 0 Å². The topological polar surface area (TPSA) is 62.1 Å². The second kappa shape index (κ2) is 6.25. The molecule has 0 unspecified atom stereocenters. The summed E-state index contributed by atoms with van der Waals surface area (Å²) in [6.07, 6.45) is 4.47. The molecule has 20 heavy (non-hydrogen) atoms. The third kappa shape index (κ3) is 3.39. The minimum absolute atomic E-state index is 0.143. The number of amides is 1. The second-order valence-electron chi connectivity index (χ2n) is 4.84. The van der Waals surface area contributed by atoms with Gasteiger partial charge in [0.2, 0.25) is 0 Å². The van der Waals surface area contributed by atoms with Crippen molar-refractivity contribution < 1.29 is 9.53 Å². The van der Waals surface area contributed by atoms with Crippen molar-refractivity contribution in [3.63, 3.8) is 0 Å². The standard InChI is InChI=1S/C16H18N2O2/c1-3-12-8-11(4-7-15(12)20-2)9-13(10-17)16(19)18-14-5-6-14/h4,7-9,14H,3,5-6H2,1-2H3,(H,18,19)/b13-9+. The van der Waals surface area contributed by atoms with Crippen LogP contribution in [-0.2, 0) is 11.2 Å². The molecule has 0 atom stereocenters. The fraction of sp³-hybridized carbons (Fsp3) is 0.375. The fourth-order valence-electron chi connectivity index (χ4n) is 1.97. The summed E-state index contributed by atoms with van der Waals surface area (Å²) in [6, 6.07) is 7.87. The molecule has 0 bridgehead atoms. The molecule has 1 amide bonds. The van der Waals surface area contributed by atoms with Crippen molar-refractivity contribution in [2.24, 2.45) is 0 Å². The molecule has 4 heteroatoms. The molecule has 4 nitrogen and oxygen atoms in total. The van der Waals surface area contributed by atoms with Crippen LogP contribution in [0.15, 0.2) is 23.8 Å². The highest BCUT2D eigenvalue weighted by atomic mass is 16.5. The maximum atomic E-state index is 11.9. The fourth-order valence-corrected chi connectivity index (χ4v) is 1.97. The Bertz CT molecular complexity index is 581. The van der Waals surface area contributed by atoms with Crippen LogP contribution in [0.5, 0.6) is 5.75 Å². The summed E-state index contributed by atoms with van der Waals surface area (Å²) in [6.45, 7) is 2.04. The van der Waals surface area contributed by atoms with Crippen LogP contribution in [0.3, 0.4) is 0 Å². The first-order chi connectivity index (χ1) is 9.67. The first-order valence-corrected chi connectivity index (χ1v) is 6.77. The molecule has 0 aromatic heterocycles. The number of benzene rings is 1. The largest absolute Gasteiger partial charge is 0.496 e. The molecule has 1 aliphatic rings. The Morgan fingerprint density at radius 1 is 1.55 bits per heavy atom. The lowest BCUT2D eigenvalue weighted by atomic mass is 10.1. The highest BCUT2D eigenvalue weighted by Crippen LogP contribution is 2.22. The van der Waals surface area contributed by atoms with Crippen LogP contribution in [0.4, 0.5) is 0 Å². The lowest BCUT2D eigenvalue weighted by Crippen LogP contribution is -2.26. The SMILES string of the molecule is CCc1cc(/C=C(\C#N)C(=O)NC2CC2)ccc1OC. The number of carbonyl (C=O) groups excluding carboxylic acids is 1. The van der Waals surface area contributed by atoms with E-state index in [1.54, 1.807) is 13.2 Å². The number of methoxy groups -OCH3 is 1. The van der Waals surface area contributed by atoms with Gasteiger partial charge in [-0.2, -0.15) is 5.26 Å². The van der Waals surface area contributed by atoms with Gasteiger partial charge in [-0.25, -0.2) is 0 Å². The van der Waals surface area contributed by atoms with Crippen LogP contribution in [0.2, 0.25) is 0 Å². The molecule has 0 aliphatic heterocycles. The quantitative estimate of drug-likeness (QED) is 0.660. The van der Waals surface area contributed by atoms with Gasteiger partial charge in [-0.3, -0.25) is 4.79 Å². The number of ether oxygens (including phenoxy) is 1. The summed E-state index contributed by atoms with van der Waals surface area (Å²) in [5.74, 6) is 0.537. The Kier molecular flexibility index (Phi) is 4.41. The Hall–Kier alpha value is -2.28. The molecule has 0 heterocycles. The van der Waals surface area contributed by atoms with E-state index in [9.17, 15) is 4.79 Å². The lowest BCUT2D eigenvalue weighted by Gasteiger charge is -2.07. The third-order valence-electron chi connectivity index (χ3n) is 3.27. The molecular weight excluding hydrogens is 252 g/mol. The molecule has 1 aromatic carbocycles. The molecule has 1 aromatic rings. The van der Waals surface area contributed by atoms with Gasteiger partial charge in [0.05, 0.1) is 7.11 Å². The van der Waals surface area contributed by atoms with Crippen LogP contribution in [0.25, 0.3) is 6.08 Å². The summed E-state index contributed by atoms with van der Waals surface area (Å²) in [5.41, 5.74) is 2.04. The second-order valence-corrected chi connectivity index (χ2v) is 4.84. The predicted molar refractivity (Wildman–Crippen MR) is 77.1 cm³/mol. The molecule has 0 radical (unpaired) electrons. The summed E-state index contributed by atoms with van der Waals surface area (Å²) in [4.78, 5) is 11.9. The van der Waals surface area contributed by atoms with Gasteiger partial charge in [-0.05, 0) is 48.6 Å². The zero-order chi connectivity index (χ0) is 14.5. The van der Waals surface area contributed by atoms with Crippen LogP contribution >= 0.6 is 0 Å². The Labute approximate surface area is 119 Å². The Balaban J connectivity index is 2.22. The van der Waals surface area contributed by atoms with Crippen LogP contribution in [-0.4, -0.2) is 19.1 Å². The predicted octanol–water partition coefficient (Wildman–Crippen LogP) is 2.44. The van der Waals surface area contributed by atoms with Crippen LogP contribution in [0.1, 0.15) is 30.9 Å². The molecule has 0 spiro atoms. The van der Waals surface area contributed by atoms with Crippen molar-refractivity contribution in [1.29, 1.82) is 5.26 Å². The molecule has 1 fully saturated rings. The van der Waals surface area contributed by atoms with Gasteiger partial charge in [0.15, 0.2) is 0 Å². The van der Waals surface area contributed by atoms with Crippen molar-refractivity contribution in [1.82, 2.24) is 5.32 Å². The highest BCUT2D eigenvalue weighted by Gasteiger charge is 2.24. The number of nitriles is 1. The van der Waals surface area contributed by atoms with Crippen molar-refractivity contribution in [2.45, 2.75) is 32.2 Å². The summed E-state index contributed by atoms with van der Waals surface area (Å²) in [7, 11) is 1.63. The molecule has 1 saturated carbocycles. The van der Waals surface area contributed by atoms with E-state index in [-0.39, 0.29) is 17.5 Å². The van der Waals surface area contributed by atoms with Gasteiger partial charge in [0.1, 0.15) is 17.4 Å². The van der Waals surface area contributed by atoms with Gasteiger partial charge in [0, 0.05) is 6.04 Å². The first-order valence-electron chi connectivity index (χ1n) is 6.77. The average molecular weight is 270 g/mol. The number of hydrogen-bond donors (Lipinski definition) is 1. The van der Waals surface area contributed by atoms with Gasteiger partial charge >= 0.3 is 0 Å². The molecule has 104 valence electrons. The molecular formula is C16H18N2O2. The normalized spacial score (nSPS) is 14.6. The maximum absolute atomic E-state index is 11.9. The minimum Gasteiger partial charge on any atom is -0.496 e. The van der Waals surface area contributed by atoms with Gasteiger partial charge < -0.3 is 10.1 Å². The summed E-state index contributed by atoms with van der Waals surface area (Å²) in [5, 5.41) is 11.9. The third-order valence-corrected chi connectivity index (χ3v) is 3.27. The lowest BCUT2D eigenvalue weighted by molar-refractivity contribution is -0.117. The first kappa shape index (κ1) is 14.1.